The van der Waals surface area contributed by atoms with Gasteiger partial charge in [0.15, 0.2) is 0 Å². The molecular formula is C6H12ClNO4. The van der Waals surface area contributed by atoms with Gasteiger partial charge in [-0.3, -0.25) is 9.59 Å². The molecule has 0 amide bonds. The highest BCUT2D eigenvalue weighted by molar-refractivity contribution is 5.85. The first-order valence-electron chi connectivity index (χ1n) is 3.27. The van der Waals surface area contributed by atoms with Gasteiger partial charge in [0, 0.05) is 6.42 Å². The van der Waals surface area contributed by atoms with Crippen molar-refractivity contribution in [3.05, 3.63) is 0 Å². The van der Waals surface area contributed by atoms with Crippen LogP contribution >= 0.6 is 12.4 Å². The number of carboxylic acid groups (broad SMARTS) is 2. The molecule has 0 unspecified atom stereocenters. The van der Waals surface area contributed by atoms with Gasteiger partial charge in [-0.2, -0.15) is 0 Å². The number of rotatable bonds is 6. The predicted molar refractivity (Wildman–Crippen MR) is 44.6 cm³/mol. The molecule has 0 atom stereocenters. The largest absolute Gasteiger partial charge is 0.481 e. The Morgan fingerprint density at radius 3 is 2.17 bits per heavy atom. The van der Waals surface area contributed by atoms with E-state index in [9.17, 15) is 9.59 Å². The summed E-state index contributed by atoms with van der Waals surface area (Å²) < 4.78 is 0. The Balaban J connectivity index is 0. The molecule has 6 heteroatoms. The zero-order valence-electron chi connectivity index (χ0n) is 6.45. The second-order valence-electron chi connectivity index (χ2n) is 2.07. The van der Waals surface area contributed by atoms with Crippen molar-refractivity contribution in [1.82, 2.24) is 5.32 Å². The topological polar surface area (TPSA) is 86.6 Å². The van der Waals surface area contributed by atoms with Crippen molar-refractivity contribution in [2.24, 2.45) is 0 Å². The van der Waals surface area contributed by atoms with Crippen LogP contribution in [0.2, 0.25) is 0 Å². The summed E-state index contributed by atoms with van der Waals surface area (Å²) in [6.07, 6.45) is 0.537. The highest BCUT2D eigenvalue weighted by Crippen LogP contribution is 1.84. The first-order chi connectivity index (χ1) is 5.13. The third-order valence-electron chi connectivity index (χ3n) is 1.02. The van der Waals surface area contributed by atoms with Crippen LogP contribution in [0.1, 0.15) is 12.8 Å². The molecule has 0 aliphatic heterocycles. The Morgan fingerprint density at radius 2 is 1.75 bits per heavy atom. The molecule has 0 bridgehead atoms. The molecule has 3 N–H and O–H groups in total. The van der Waals surface area contributed by atoms with Crippen molar-refractivity contribution in [2.45, 2.75) is 12.8 Å². The Kier molecular flexibility index (Phi) is 9.50. The zero-order valence-corrected chi connectivity index (χ0v) is 7.26. The molecule has 0 aliphatic carbocycles. The minimum Gasteiger partial charge on any atom is -0.481 e. The second-order valence-corrected chi connectivity index (χ2v) is 2.07. The van der Waals surface area contributed by atoms with Crippen LogP contribution in [0.15, 0.2) is 0 Å². The van der Waals surface area contributed by atoms with Crippen LogP contribution in [0.25, 0.3) is 0 Å². The van der Waals surface area contributed by atoms with Gasteiger partial charge >= 0.3 is 11.9 Å². The van der Waals surface area contributed by atoms with Gasteiger partial charge in [0.1, 0.15) is 0 Å². The molecule has 12 heavy (non-hydrogen) atoms. The van der Waals surface area contributed by atoms with Crippen LogP contribution in [0, 0.1) is 0 Å². The van der Waals surface area contributed by atoms with Crippen molar-refractivity contribution in [3.8, 4) is 0 Å². The van der Waals surface area contributed by atoms with Crippen molar-refractivity contribution in [3.63, 3.8) is 0 Å². The van der Waals surface area contributed by atoms with Gasteiger partial charge in [-0.25, -0.2) is 0 Å². The third kappa shape index (κ3) is 11.9. The SMILES string of the molecule is Cl.O=C(O)CCCNCC(=O)O. The van der Waals surface area contributed by atoms with Crippen molar-refractivity contribution in [1.29, 1.82) is 0 Å². The summed E-state index contributed by atoms with van der Waals surface area (Å²) in [5.41, 5.74) is 0. The fourth-order valence-electron chi connectivity index (χ4n) is 0.560. The van der Waals surface area contributed by atoms with E-state index >= 15 is 0 Å². The van der Waals surface area contributed by atoms with E-state index in [1.165, 1.54) is 0 Å². The molecular weight excluding hydrogens is 186 g/mol. The monoisotopic (exact) mass is 197 g/mol. The van der Waals surface area contributed by atoms with E-state index in [0.717, 1.165) is 0 Å². The zero-order chi connectivity index (χ0) is 8.69. The number of nitrogens with one attached hydrogen (secondary N) is 1. The normalized spacial score (nSPS) is 8.67. The highest BCUT2D eigenvalue weighted by Gasteiger charge is 1.97. The lowest BCUT2D eigenvalue weighted by Gasteiger charge is -1.97. The lowest BCUT2D eigenvalue weighted by atomic mass is 10.3. The molecule has 5 nitrogen and oxygen atoms in total. The lowest BCUT2D eigenvalue weighted by molar-refractivity contribution is -0.137. The number of halogens is 1. The van der Waals surface area contributed by atoms with E-state index < -0.39 is 11.9 Å². The van der Waals surface area contributed by atoms with Crippen molar-refractivity contribution < 1.29 is 19.8 Å². The van der Waals surface area contributed by atoms with E-state index in [2.05, 4.69) is 5.32 Å². The van der Waals surface area contributed by atoms with Crippen molar-refractivity contribution >= 4 is 24.3 Å². The van der Waals surface area contributed by atoms with E-state index in [1.807, 2.05) is 0 Å². The molecule has 0 heterocycles. The van der Waals surface area contributed by atoms with Gasteiger partial charge < -0.3 is 15.5 Å². The molecule has 0 aromatic rings. The molecule has 0 saturated heterocycles. The standard InChI is InChI=1S/C6H11NO4.ClH/c8-5(9)2-1-3-7-4-6(10)11;/h7H,1-4H2,(H,8,9)(H,10,11);1H. The molecule has 0 spiro atoms. The average Bonchev–Trinajstić information content (AvgIpc) is 1.85. The number of carboxylic acids is 2. The van der Waals surface area contributed by atoms with E-state index in [4.69, 9.17) is 10.2 Å². The van der Waals surface area contributed by atoms with Crippen LogP contribution in [0.4, 0.5) is 0 Å². The Hall–Kier alpha value is -0.810. The molecule has 0 fully saturated rings. The van der Waals surface area contributed by atoms with Gasteiger partial charge in [0.05, 0.1) is 6.54 Å². The Morgan fingerprint density at radius 1 is 1.17 bits per heavy atom. The van der Waals surface area contributed by atoms with Crippen LogP contribution in [-0.2, 0) is 9.59 Å². The average molecular weight is 198 g/mol. The highest BCUT2D eigenvalue weighted by atomic mass is 35.5. The fraction of sp³-hybridized carbons (Fsp3) is 0.667. The van der Waals surface area contributed by atoms with E-state index in [0.29, 0.717) is 13.0 Å². The molecule has 0 saturated carbocycles. The molecule has 0 aromatic carbocycles. The molecule has 0 rings (SSSR count). The molecule has 0 aliphatic rings. The lowest BCUT2D eigenvalue weighted by Crippen LogP contribution is -2.23. The number of carbonyl (C=O) groups is 2. The van der Waals surface area contributed by atoms with Crippen LogP contribution in [0.3, 0.4) is 0 Å². The number of hydrogen-bond acceptors (Lipinski definition) is 3. The molecule has 72 valence electrons. The maximum absolute atomic E-state index is 9.95. The summed E-state index contributed by atoms with van der Waals surface area (Å²) in [7, 11) is 0. The maximum Gasteiger partial charge on any atom is 0.317 e. The first-order valence-corrected chi connectivity index (χ1v) is 3.27. The summed E-state index contributed by atoms with van der Waals surface area (Å²) in [5.74, 6) is -1.79. The van der Waals surface area contributed by atoms with Gasteiger partial charge in [-0.15, -0.1) is 12.4 Å². The van der Waals surface area contributed by atoms with Gasteiger partial charge in [-0.1, -0.05) is 0 Å². The van der Waals surface area contributed by atoms with E-state index in [-0.39, 0.29) is 25.4 Å². The molecule has 0 radical (unpaired) electrons. The second kappa shape index (κ2) is 8.29. The van der Waals surface area contributed by atoms with Crippen molar-refractivity contribution in [2.75, 3.05) is 13.1 Å². The number of hydrogen-bond donors (Lipinski definition) is 3. The van der Waals surface area contributed by atoms with Gasteiger partial charge in [0.2, 0.25) is 0 Å². The summed E-state index contributed by atoms with van der Waals surface area (Å²) in [6, 6.07) is 0. The van der Waals surface area contributed by atoms with Gasteiger partial charge in [-0.05, 0) is 13.0 Å². The quantitative estimate of drug-likeness (QED) is 0.520. The predicted octanol–water partition coefficient (Wildman–Crippen LogP) is -0.0528. The van der Waals surface area contributed by atoms with Crippen LogP contribution in [0.5, 0.6) is 0 Å². The minimum atomic E-state index is -0.930. The summed E-state index contributed by atoms with van der Waals surface area (Å²) >= 11 is 0. The van der Waals surface area contributed by atoms with Crippen LogP contribution in [-0.4, -0.2) is 35.2 Å². The number of aliphatic carboxylic acids is 2. The maximum atomic E-state index is 9.95. The summed E-state index contributed by atoms with van der Waals surface area (Å²) in [6.45, 7) is 0.318. The third-order valence-corrected chi connectivity index (χ3v) is 1.02. The summed E-state index contributed by atoms with van der Waals surface area (Å²) in [5, 5.41) is 18.9. The van der Waals surface area contributed by atoms with E-state index in [1.54, 1.807) is 0 Å². The fourth-order valence-corrected chi connectivity index (χ4v) is 0.560. The van der Waals surface area contributed by atoms with Crippen LogP contribution < -0.4 is 5.32 Å². The summed E-state index contributed by atoms with van der Waals surface area (Å²) in [4.78, 5) is 19.9. The molecule has 0 aromatic heterocycles. The minimum absolute atomic E-state index is 0. The Bertz CT molecular complexity index is 134. The Labute approximate surface area is 76.2 Å². The van der Waals surface area contributed by atoms with Gasteiger partial charge in [0.25, 0.3) is 0 Å². The smallest absolute Gasteiger partial charge is 0.317 e. The first kappa shape index (κ1) is 13.8.